The van der Waals surface area contributed by atoms with Gasteiger partial charge in [-0.15, -0.1) is 0 Å². The summed E-state index contributed by atoms with van der Waals surface area (Å²) in [5.41, 5.74) is 1.99. The van der Waals surface area contributed by atoms with Crippen molar-refractivity contribution >= 4 is 17.4 Å². The highest BCUT2D eigenvalue weighted by molar-refractivity contribution is 6.46. The highest BCUT2D eigenvalue weighted by Gasteiger charge is 2.46. The Kier molecular flexibility index (Phi) is 9.48. The zero-order chi connectivity index (χ0) is 27.9. The van der Waals surface area contributed by atoms with Gasteiger partial charge >= 0.3 is 0 Å². The smallest absolute Gasteiger partial charge is 0.295 e. The van der Waals surface area contributed by atoms with Crippen LogP contribution in [0.3, 0.4) is 0 Å². The number of hydrogen-bond acceptors (Lipinski definition) is 8. The molecule has 2 aromatic carbocycles. The molecule has 0 saturated carbocycles. The number of nitrogens with zero attached hydrogens (tertiary/aromatic N) is 2. The number of Topliss-reactive ketones (excluding diaryl/α,β-unsaturated/α-hetero) is 1. The number of amides is 1. The van der Waals surface area contributed by atoms with Crippen molar-refractivity contribution in [2.75, 3.05) is 60.2 Å². The van der Waals surface area contributed by atoms with E-state index >= 15 is 0 Å². The molecule has 2 aromatic rings. The predicted octanol–water partition coefficient (Wildman–Crippen LogP) is 3.95. The molecule has 0 aliphatic carbocycles. The van der Waals surface area contributed by atoms with Crippen LogP contribution in [0.15, 0.2) is 42.0 Å². The first-order chi connectivity index (χ1) is 18.9. The Morgan fingerprint density at radius 1 is 1.00 bits per heavy atom. The molecule has 1 N–H and O–H groups in total. The van der Waals surface area contributed by atoms with E-state index in [2.05, 4.69) is 4.90 Å². The fraction of sp³-hybridized carbons (Fsp3) is 0.467. The number of benzene rings is 2. The van der Waals surface area contributed by atoms with Gasteiger partial charge in [0.25, 0.3) is 11.7 Å². The summed E-state index contributed by atoms with van der Waals surface area (Å²) in [7, 11) is 3.08. The Morgan fingerprint density at radius 3 is 2.38 bits per heavy atom. The van der Waals surface area contributed by atoms with Crippen molar-refractivity contribution in [2.24, 2.45) is 0 Å². The Balaban J connectivity index is 1.72. The molecule has 2 aliphatic rings. The lowest BCUT2D eigenvalue weighted by molar-refractivity contribution is -0.140. The van der Waals surface area contributed by atoms with Crippen LogP contribution in [0.4, 0.5) is 0 Å². The molecule has 2 fully saturated rings. The number of hydrogen-bond donors (Lipinski definition) is 1. The largest absolute Gasteiger partial charge is 0.507 e. The number of ketones is 1. The summed E-state index contributed by atoms with van der Waals surface area (Å²) in [5, 5.41) is 11.5. The van der Waals surface area contributed by atoms with Gasteiger partial charge in [0, 0.05) is 31.7 Å². The number of morpholine rings is 1. The number of methoxy groups -OCH3 is 2. The van der Waals surface area contributed by atoms with Crippen LogP contribution in [0.1, 0.15) is 42.5 Å². The second-order valence-electron chi connectivity index (χ2n) is 9.74. The van der Waals surface area contributed by atoms with Gasteiger partial charge in [-0.1, -0.05) is 13.0 Å². The van der Waals surface area contributed by atoms with Crippen molar-refractivity contribution in [1.82, 2.24) is 9.80 Å². The third kappa shape index (κ3) is 6.20. The summed E-state index contributed by atoms with van der Waals surface area (Å²) in [6, 6.07) is 9.79. The predicted molar refractivity (Wildman–Crippen MR) is 147 cm³/mol. The lowest BCUT2D eigenvalue weighted by atomic mass is 9.94. The molecule has 0 radical (unpaired) electrons. The van der Waals surface area contributed by atoms with Crippen molar-refractivity contribution in [3.63, 3.8) is 0 Å². The molecular formula is C30H38N2O7. The van der Waals surface area contributed by atoms with Gasteiger partial charge in [-0.3, -0.25) is 14.5 Å². The first kappa shape index (κ1) is 28.4. The van der Waals surface area contributed by atoms with Crippen molar-refractivity contribution in [3.8, 4) is 17.2 Å². The first-order valence-corrected chi connectivity index (χ1v) is 13.4. The van der Waals surface area contributed by atoms with Crippen molar-refractivity contribution < 1.29 is 33.6 Å². The minimum atomic E-state index is -0.772. The van der Waals surface area contributed by atoms with E-state index in [-0.39, 0.29) is 11.3 Å². The van der Waals surface area contributed by atoms with E-state index in [1.165, 1.54) is 7.11 Å². The van der Waals surface area contributed by atoms with Crippen LogP contribution in [0, 0.1) is 6.92 Å². The molecule has 1 atom stereocenters. The Labute approximate surface area is 229 Å². The van der Waals surface area contributed by atoms with Gasteiger partial charge in [0.1, 0.15) is 11.5 Å². The van der Waals surface area contributed by atoms with E-state index in [0.717, 1.165) is 31.6 Å². The summed E-state index contributed by atoms with van der Waals surface area (Å²) >= 11 is 0. The fourth-order valence-electron chi connectivity index (χ4n) is 5.10. The zero-order valence-electron chi connectivity index (χ0n) is 23.2. The molecule has 9 heteroatoms. The average Bonchev–Trinajstić information content (AvgIpc) is 3.21. The van der Waals surface area contributed by atoms with Gasteiger partial charge in [-0.05, 0) is 61.2 Å². The maximum atomic E-state index is 13.4. The van der Waals surface area contributed by atoms with Crippen molar-refractivity contribution in [1.29, 1.82) is 0 Å². The minimum absolute atomic E-state index is 0.0558. The molecular weight excluding hydrogens is 500 g/mol. The molecule has 39 heavy (non-hydrogen) atoms. The normalized spacial score (nSPS) is 19.4. The van der Waals surface area contributed by atoms with Crippen LogP contribution < -0.4 is 14.2 Å². The summed E-state index contributed by atoms with van der Waals surface area (Å²) in [5.74, 6) is 0.175. The highest BCUT2D eigenvalue weighted by Crippen LogP contribution is 2.42. The van der Waals surface area contributed by atoms with E-state index in [0.29, 0.717) is 61.2 Å². The van der Waals surface area contributed by atoms with E-state index in [9.17, 15) is 14.7 Å². The van der Waals surface area contributed by atoms with Gasteiger partial charge in [0.05, 0.1) is 45.7 Å². The summed E-state index contributed by atoms with van der Waals surface area (Å²) in [6.07, 6.45) is 1.56. The van der Waals surface area contributed by atoms with Gasteiger partial charge in [0.2, 0.25) is 0 Å². The maximum absolute atomic E-state index is 13.4. The maximum Gasteiger partial charge on any atom is 0.295 e. The van der Waals surface area contributed by atoms with E-state index in [4.69, 9.17) is 18.9 Å². The van der Waals surface area contributed by atoms with E-state index in [1.54, 1.807) is 48.4 Å². The number of aryl methyl sites for hydroxylation is 1. The Morgan fingerprint density at radius 2 is 1.72 bits per heavy atom. The van der Waals surface area contributed by atoms with Crippen LogP contribution in [0.25, 0.3) is 5.76 Å². The highest BCUT2D eigenvalue weighted by atomic mass is 16.5. The first-order valence-electron chi connectivity index (χ1n) is 13.4. The number of ether oxygens (including phenoxy) is 4. The third-order valence-corrected chi connectivity index (χ3v) is 7.15. The minimum Gasteiger partial charge on any atom is -0.507 e. The number of rotatable bonds is 11. The number of aliphatic hydroxyl groups excluding tert-OH is 1. The molecule has 9 nitrogen and oxygen atoms in total. The molecule has 4 rings (SSSR count). The molecule has 2 aliphatic heterocycles. The van der Waals surface area contributed by atoms with Crippen LogP contribution in [-0.2, 0) is 14.3 Å². The van der Waals surface area contributed by atoms with Crippen molar-refractivity contribution in [2.45, 2.75) is 32.7 Å². The molecule has 0 unspecified atom stereocenters. The molecule has 210 valence electrons. The number of likely N-dealkylation sites (tertiary alicyclic amines) is 1. The lowest BCUT2D eigenvalue weighted by Crippen LogP contribution is -2.38. The monoisotopic (exact) mass is 538 g/mol. The topological polar surface area (TPSA) is 97.8 Å². The fourth-order valence-corrected chi connectivity index (χ4v) is 5.10. The Bertz CT molecular complexity index is 1220. The van der Waals surface area contributed by atoms with Gasteiger partial charge in [-0.25, -0.2) is 0 Å². The van der Waals surface area contributed by atoms with Crippen LogP contribution >= 0.6 is 0 Å². The lowest BCUT2D eigenvalue weighted by Gasteiger charge is -2.29. The van der Waals surface area contributed by atoms with Crippen LogP contribution in [0.5, 0.6) is 17.2 Å². The van der Waals surface area contributed by atoms with Crippen LogP contribution in [-0.4, -0.2) is 86.8 Å². The second kappa shape index (κ2) is 13.0. The van der Waals surface area contributed by atoms with Gasteiger partial charge in [-0.2, -0.15) is 0 Å². The number of aliphatic hydroxyl groups is 1. The molecule has 0 aromatic heterocycles. The summed E-state index contributed by atoms with van der Waals surface area (Å²) in [6.45, 7) is 8.71. The standard InChI is InChI=1S/C30H38N2O7/c1-5-15-39-23-9-8-22(18-20(23)2)28(33)26-27(21-7-10-24(36-3)25(19-21)37-4)32(30(35)29(26)34)12-6-11-31-13-16-38-17-14-31/h7-10,18-19,27,33H,5-6,11-17H2,1-4H3/t27-/m0/s1. The summed E-state index contributed by atoms with van der Waals surface area (Å²) in [4.78, 5) is 30.6. The van der Waals surface area contributed by atoms with E-state index in [1.807, 2.05) is 13.8 Å². The van der Waals surface area contributed by atoms with Crippen LogP contribution in [0.2, 0.25) is 0 Å². The number of carbonyl (C=O) groups excluding carboxylic acids is 2. The molecule has 1 amide bonds. The summed E-state index contributed by atoms with van der Waals surface area (Å²) < 4.78 is 22.1. The molecule has 2 saturated heterocycles. The van der Waals surface area contributed by atoms with E-state index < -0.39 is 17.7 Å². The Hall–Kier alpha value is -3.56. The van der Waals surface area contributed by atoms with Gasteiger partial charge < -0.3 is 29.0 Å². The quantitative estimate of drug-likeness (QED) is 0.261. The average molecular weight is 539 g/mol. The SMILES string of the molecule is CCCOc1ccc(C(O)=C2C(=O)C(=O)N(CCCN3CCOCC3)[C@H]2c2ccc(OC)c(OC)c2)cc1C. The second-order valence-corrected chi connectivity index (χ2v) is 9.74. The third-order valence-electron chi connectivity index (χ3n) is 7.15. The molecule has 0 spiro atoms. The zero-order valence-corrected chi connectivity index (χ0v) is 23.2. The molecule has 0 bridgehead atoms. The number of carbonyl (C=O) groups is 2. The van der Waals surface area contributed by atoms with Crippen molar-refractivity contribution in [3.05, 3.63) is 58.7 Å². The van der Waals surface area contributed by atoms with Gasteiger partial charge in [0.15, 0.2) is 11.5 Å². The molecule has 2 heterocycles.